The molecular formula is C22H20ClN5O. The van der Waals surface area contributed by atoms with Crippen molar-refractivity contribution in [2.45, 2.75) is 6.92 Å². The molecule has 0 atom stereocenters. The van der Waals surface area contributed by atoms with Gasteiger partial charge in [-0.25, -0.2) is 4.98 Å². The molecule has 6 nitrogen and oxygen atoms in total. The van der Waals surface area contributed by atoms with E-state index in [-0.39, 0.29) is 5.91 Å². The fraction of sp³-hybridized carbons (Fsp3) is 0.227. The summed E-state index contributed by atoms with van der Waals surface area (Å²) in [6, 6.07) is 15.1. The molecule has 2 heterocycles. The van der Waals surface area contributed by atoms with Crippen LogP contribution in [0.5, 0.6) is 0 Å². The molecule has 0 N–H and O–H groups in total. The maximum atomic E-state index is 12.9. The molecule has 1 aliphatic heterocycles. The number of benzene rings is 2. The van der Waals surface area contributed by atoms with Gasteiger partial charge in [-0.05, 0) is 48.9 Å². The fourth-order valence-corrected chi connectivity index (χ4v) is 3.68. The van der Waals surface area contributed by atoms with Crippen LogP contribution in [0.1, 0.15) is 21.6 Å². The van der Waals surface area contributed by atoms with Crippen LogP contribution in [-0.4, -0.2) is 46.5 Å². The monoisotopic (exact) mass is 405 g/mol. The molecule has 1 fully saturated rings. The van der Waals surface area contributed by atoms with Crippen LogP contribution in [0.3, 0.4) is 0 Å². The lowest BCUT2D eigenvalue weighted by molar-refractivity contribution is 0.0741. The molecule has 2 aromatic carbocycles. The first-order chi connectivity index (χ1) is 14.0. The van der Waals surface area contributed by atoms with Crippen molar-refractivity contribution in [3.05, 3.63) is 76.8 Å². The van der Waals surface area contributed by atoms with E-state index >= 15 is 0 Å². The first-order valence-electron chi connectivity index (χ1n) is 9.40. The van der Waals surface area contributed by atoms with E-state index in [9.17, 15) is 4.79 Å². The van der Waals surface area contributed by atoms with Crippen molar-refractivity contribution < 1.29 is 4.79 Å². The molecule has 7 heteroatoms. The average molecular weight is 406 g/mol. The summed E-state index contributed by atoms with van der Waals surface area (Å²) in [5.41, 5.74) is 4.17. The SMILES string of the molecule is Cc1ccc(Cl)cc1N1CCN(C(=O)c2cn(-c3ccc(C#N)cc3)cn2)CC1. The fourth-order valence-electron chi connectivity index (χ4n) is 3.52. The Labute approximate surface area is 174 Å². The summed E-state index contributed by atoms with van der Waals surface area (Å²) in [6.45, 7) is 4.84. The molecule has 0 saturated carbocycles. The van der Waals surface area contributed by atoms with E-state index in [0.717, 1.165) is 29.5 Å². The predicted molar refractivity (Wildman–Crippen MR) is 113 cm³/mol. The van der Waals surface area contributed by atoms with Crippen LogP contribution >= 0.6 is 11.6 Å². The van der Waals surface area contributed by atoms with Crippen LogP contribution in [0.4, 0.5) is 5.69 Å². The van der Waals surface area contributed by atoms with E-state index in [1.807, 2.05) is 35.2 Å². The van der Waals surface area contributed by atoms with Gasteiger partial charge < -0.3 is 14.4 Å². The maximum absolute atomic E-state index is 12.9. The molecule has 0 unspecified atom stereocenters. The molecule has 1 aliphatic rings. The highest BCUT2D eigenvalue weighted by Gasteiger charge is 2.24. The van der Waals surface area contributed by atoms with Gasteiger partial charge in [0.2, 0.25) is 0 Å². The Morgan fingerprint density at radius 2 is 1.83 bits per heavy atom. The Balaban J connectivity index is 1.43. The average Bonchev–Trinajstić information content (AvgIpc) is 3.25. The van der Waals surface area contributed by atoms with Crippen LogP contribution in [-0.2, 0) is 0 Å². The molecule has 0 radical (unpaired) electrons. The van der Waals surface area contributed by atoms with Crippen molar-refractivity contribution in [2.75, 3.05) is 31.1 Å². The zero-order chi connectivity index (χ0) is 20.4. The Hall–Kier alpha value is -3.30. The van der Waals surface area contributed by atoms with Crippen LogP contribution in [0, 0.1) is 18.3 Å². The minimum Gasteiger partial charge on any atom is -0.368 e. The zero-order valence-electron chi connectivity index (χ0n) is 16.0. The third kappa shape index (κ3) is 3.96. The summed E-state index contributed by atoms with van der Waals surface area (Å²) in [7, 11) is 0. The van der Waals surface area contributed by atoms with Gasteiger partial charge in [0.05, 0.1) is 11.6 Å². The predicted octanol–water partition coefficient (Wildman–Crippen LogP) is 3.67. The molecule has 1 aromatic heterocycles. The van der Waals surface area contributed by atoms with Crippen LogP contribution < -0.4 is 4.90 Å². The van der Waals surface area contributed by atoms with Gasteiger partial charge in [0, 0.05) is 48.8 Å². The smallest absolute Gasteiger partial charge is 0.274 e. The highest BCUT2D eigenvalue weighted by atomic mass is 35.5. The number of hydrogen-bond acceptors (Lipinski definition) is 4. The largest absolute Gasteiger partial charge is 0.368 e. The van der Waals surface area contributed by atoms with Gasteiger partial charge in [-0.1, -0.05) is 17.7 Å². The lowest BCUT2D eigenvalue weighted by Gasteiger charge is -2.36. The molecule has 0 spiro atoms. The number of carbonyl (C=O) groups excluding carboxylic acids is 1. The Bertz CT molecular complexity index is 1080. The standard InChI is InChI=1S/C22H20ClN5O/c1-16-2-5-18(23)12-21(16)26-8-10-27(11-9-26)22(29)20-14-28(15-25-20)19-6-3-17(13-24)4-7-19/h2-7,12,14-15H,8-11H2,1H3. The topological polar surface area (TPSA) is 65.2 Å². The number of aromatic nitrogens is 2. The van der Waals surface area contributed by atoms with Crippen LogP contribution in [0.2, 0.25) is 5.02 Å². The molecule has 29 heavy (non-hydrogen) atoms. The third-order valence-corrected chi connectivity index (χ3v) is 5.41. The highest BCUT2D eigenvalue weighted by Crippen LogP contribution is 2.25. The van der Waals surface area contributed by atoms with Crippen molar-refractivity contribution in [3.63, 3.8) is 0 Å². The Morgan fingerprint density at radius 1 is 1.10 bits per heavy atom. The molecular weight excluding hydrogens is 386 g/mol. The molecule has 146 valence electrons. The molecule has 1 amide bonds. The maximum Gasteiger partial charge on any atom is 0.274 e. The summed E-state index contributed by atoms with van der Waals surface area (Å²) in [6.07, 6.45) is 3.36. The van der Waals surface area contributed by atoms with Gasteiger partial charge in [0.25, 0.3) is 5.91 Å². The molecule has 1 saturated heterocycles. The second-order valence-corrected chi connectivity index (χ2v) is 7.47. The van der Waals surface area contributed by atoms with Crippen molar-refractivity contribution in [3.8, 4) is 11.8 Å². The summed E-state index contributed by atoms with van der Waals surface area (Å²) >= 11 is 6.15. The number of imidazole rings is 1. The second kappa shape index (κ2) is 7.98. The molecule has 0 aliphatic carbocycles. The second-order valence-electron chi connectivity index (χ2n) is 7.03. The number of hydrogen-bond donors (Lipinski definition) is 0. The number of aryl methyl sites for hydroxylation is 1. The number of halogens is 1. The first-order valence-corrected chi connectivity index (χ1v) is 9.78. The Kier molecular flexibility index (Phi) is 5.24. The van der Waals surface area contributed by atoms with Gasteiger partial charge in [-0.3, -0.25) is 4.79 Å². The van der Waals surface area contributed by atoms with Gasteiger partial charge >= 0.3 is 0 Å². The number of nitriles is 1. The molecule has 0 bridgehead atoms. The van der Waals surface area contributed by atoms with Crippen molar-refractivity contribution >= 4 is 23.2 Å². The minimum atomic E-state index is -0.0696. The Morgan fingerprint density at radius 3 is 2.52 bits per heavy atom. The van der Waals surface area contributed by atoms with Crippen molar-refractivity contribution in [1.29, 1.82) is 5.26 Å². The number of anilines is 1. The molecule has 4 rings (SSSR count). The van der Waals surface area contributed by atoms with Gasteiger partial charge in [-0.15, -0.1) is 0 Å². The number of rotatable bonds is 3. The number of nitrogens with zero attached hydrogens (tertiary/aromatic N) is 5. The first kappa shape index (κ1) is 19.0. The van der Waals surface area contributed by atoms with Crippen molar-refractivity contribution in [2.24, 2.45) is 0 Å². The van der Waals surface area contributed by atoms with Crippen LogP contribution in [0.15, 0.2) is 55.0 Å². The van der Waals surface area contributed by atoms with Crippen molar-refractivity contribution in [1.82, 2.24) is 14.5 Å². The van der Waals surface area contributed by atoms with Gasteiger partial charge in [-0.2, -0.15) is 5.26 Å². The van der Waals surface area contributed by atoms with E-state index in [2.05, 4.69) is 22.9 Å². The van der Waals surface area contributed by atoms with E-state index in [1.54, 1.807) is 29.2 Å². The minimum absolute atomic E-state index is 0.0696. The lowest BCUT2D eigenvalue weighted by atomic mass is 10.1. The summed E-state index contributed by atoms with van der Waals surface area (Å²) in [5, 5.41) is 9.63. The lowest BCUT2D eigenvalue weighted by Crippen LogP contribution is -2.49. The summed E-state index contributed by atoms with van der Waals surface area (Å²) in [5.74, 6) is -0.0696. The third-order valence-electron chi connectivity index (χ3n) is 5.18. The summed E-state index contributed by atoms with van der Waals surface area (Å²) in [4.78, 5) is 21.3. The zero-order valence-corrected chi connectivity index (χ0v) is 16.8. The molecule has 3 aromatic rings. The number of amides is 1. The van der Waals surface area contributed by atoms with E-state index < -0.39 is 0 Å². The summed E-state index contributed by atoms with van der Waals surface area (Å²) < 4.78 is 1.79. The van der Waals surface area contributed by atoms with Crippen LogP contribution in [0.25, 0.3) is 5.69 Å². The highest BCUT2D eigenvalue weighted by molar-refractivity contribution is 6.30. The van der Waals surface area contributed by atoms with E-state index in [4.69, 9.17) is 16.9 Å². The number of piperazine rings is 1. The van der Waals surface area contributed by atoms with Gasteiger partial charge in [0.1, 0.15) is 12.0 Å². The van der Waals surface area contributed by atoms with E-state index in [0.29, 0.717) is 24.3 Å². The van der Waals surface area contributed by atoms with E-state index in [1.165, 1.54) is 5.56 Å². The quantitative estimate of drug-likeness (QED) is 0.666. The normalized spacial score (nSPS) is 14.0. The van der Waals surface area contributed by atoms with Gasteiger partial charge in [0.15, 0.2) is 0 Å². The number of carbonyl (C=O) groups is 1.